The number of ketones is 1. The molecule has 0 unspecified atom stereocenters. The molecule has 2 aromatic rings. The van der Waals surface area contributed by atoms with Crippen LogP contribution in [0.25, 0.3) is 10.9 Å². The lowest BCUT2D eigenvalue weighted by Crippen LogP contribution is -2.43. The average molecular weight is 268 g/mol. The number of nitrogens with zero attached hydrogens (tertiary/aromatic N) is 1. The first-order chi connectivity index (χ1) is 9.66. The number of rotatable bonds is 3. The first-order valence-corrected chi connectivity index (χ1v) is 7.33. The van der Waals surface area contributed by atoms with Crippen molar-refractivity contribution in [1.29, 1.82) is 0 Å². The van der Waals surface area contributed by atoms with Crippen molar-refractivity contribution in [3.8, 4) is 0 Å². The van der Waals surface area contributed by atoms with Gasteiger partial charge in [0.15, 0.2) is 5.78 Å². The molecule has 1 aromatic heterocycles. The number of benzene rings is 1. The fourth-order valence-electron chi connectivity index (χ4n) is 3.09. The molecule has 0 atom stereocenters. The van der Waals surface area contributed by atoms with Gasteiger partial charge in [0.1, 0.15) is 0 Å². The number of carbonyl (C=O) groups is 1. The number of nitrogens with two attached hydrogens (primary N) is 1. The van der Waals surface area contributed by atoms with E-state index in [1.54, 1.807) is 6.20 Å². The third kappa shape index (κ3) is 2.73. The first kappa shape index (κ1) is 13.3. The maximum atomic E-state index is 12.5. The van der Waals surface area contributed by atoms with Crippen molar-refractivity contribution in [1.82, 2.24) is 4.98 Å². The van der Waals surface area contributed by atoms with E-state index in [1.807, 2.05) is 30.3 Å². The minimum absolute atomic E-state index is 0.141. The number of aromatic nitrogens is 1. The molecule has 1 fully saturated rings. The molecule has 1 aliphatic carbocycles. The van der Waals surface area contributed by atoms with E-state index in [4.69, 9.17) is 5.73 Å². The molecule has 1 aromatic carbocycles. The van der Waals surface area contributed by atoms with E-state index in [9.17, 15) is 4.79 Å². The van der Waals surface area contributed by atoms with Crippen LogP contribution in [-0.4, -0.2) is 16.3 Å². The van der Waals surface area contributed by atoms with E-state index >= 15 is 0 Å². The van der Waals surface area contributed by atoms with E-state index < -0.39 is 0 Å². The Morgan fingerprint density at radius 3 is 2.80 bits per heavy atom. The van der Waals surface area contributed by atoms with Gasteiger partial charge in [-0.2, -0.15) is 0 Å². The van der Waals surface area contributed by atoms with Gasteiger partial charge in [-0.25, -0.2) is 0 Å². The smallest absolute Gasteiger partial charge is 0.164 e. The van der Waals surface area contributed by atoms with E-state index in [1.165, 1.54) is 6.42 Å². The van der Waals surface area contributed by atoms with Crippen molar-refractivity contribution in [2.45, 2.75) is 44.1 Å². The molecule has 0 saturated heterocycles. The summed E-state index contributed by atoms with van der Waals surface area (Å²) < 4.78 is 0. The normalized spacial score (nSPS) is 18.1. The fourth-order valence-corrected chi connectivity index (χ4v) is 3.09. The molecule has 0 bridgehead atoms. The Labute approximate surface area is 119 Å². The standard InChI is InChI=1S/C17H20N2O/c18-17(8-2-1-3-9-17)12-16(20)14-7-6-13-5-4-10-19-15(13)11-14/h4-7,10-11H,1-3,8-9,12,18H2. The molecule has 0 spiro atoms. The summed E-state index contributed by atoms with van der Waals surface area (Å²) in [7, 11) is 0. The molecule has 20 heavy (non-hydrogen) atoms. The second-order valence-electron chi connectivity index (χ2n) is 5.93. The van der Waals surface area contributed by atoms with Crippen LogP contribution in [0.15, 0.2) is 36.5 Å². The van der Waals surface area contributed by atoms with Crippen LogP contribution in [0.4, 0.5) is 0 Å². The summed E-state index contributed by atoms with van der Waals surface area (Å²) in [4.78, 5) is 16.8. The van der Waals surface area contributed by atoms with Gasteiger partial charge in [0.05, 0.1) is 5.52 Å². The van der Waals surface area contributed by atoms with Gasteiger partial charge in [-0.15, -0.1) is 0 Å². The minimum Gasteiger partial charge on any atom is -0.325 e. The number of hydrogen-bond donors (Lipinski definition) is 1. The Kier molecular flexibility index (Phi) is 3.53. The quantitative estimate of drug-likeness (QED) is 0.867. The molecule has 3 rings (SSSR count). The monoisotopic (exact) mass is 268 g/mol. The zero-order chi connectivity index (χ0) is 14.0. The fraction of sp³-hybridized carbons (Fsp3) is 0.412. The van der Waals surface area contributed by atoms with Gasteiger partial charge >= 0.3 is 0 Å². The molecule has 0 amide bonds. The van der Waals surface area contributed by atoms with Crippen LogP contribution < -0.4 is 5.73 Å². The van der Waals surface area contributed by atoms with Gasteiger partial charge in [-0.3, -0.25) is 9.78 Å². The van der Waals surface area contributed by atoms with Crippen LogP contribution in [-0.2, 0) is 0 Å². The number of carbonyl (C=O) groups excluding carboxylic acids is 1. The lowest BCUT2D eigenvalue weighted by atomic mass is 9.78. The van der Waals surface area contributed by atoms with Gasteiger partial charge in [0, 0.05) is 29.1 Å². The first-order valence-electron chi connectivity index (χ1n) is 7.33. The number of fused-ring (bicyclic) bond motifs is 1. The van der Waals surface area contributed by atoms with Crippen molar-refractivity contribution < 1.29 is 4.79 Å². The van der Waals surface area contributed by atoms with Crippen molar-refractivity contribution in [3.05, 3.63) is 42.1 Å². The van der Waals surface area contributed by atoms with Crippen LogP contribution in [0.5, 0.6) is 0 Å². The summed E-state index contributed by atoms with van der Waals surface area (Å²) >= 11 is 0. The predicted octanol–water partition coefficient (Wildman–Crippen LogP) is 3.47. The molecule has 1 heterocycles. The second kappa shape index (κ2) is 5.33. The third-order valence-electron chi connectivity index (χ3n) is 4.29. The summed E-state index contributed by atoms with van der Waals surface area (Å²) in [5.41, 5.74) is 7.67. The van der Waals surface area contributed by atoms with Crippen molar-refractivity contribution >= 4 is 16.7 Å². The molecule has 3 nitrogen and oxygen atoms in total. The van der Waals surface area contributed by atoms with Crippen molar-refractivity contribution in [2.24, 2.45) is 5.73 Å². The van der Waals surface area contributed by atoms with Crippen molar-refractivity contribution in [3.63, 3.8) is 0 Å². The molecule has 104 valence electrons. The van der Waals surface area contributed by atoms with Crippen LogP contribution in [0.3, 0.4) is 0 Å². The molecule has 2 N–H and O–H groups in total. The highest BCUT2D eigenvalue weighted by molar-refractivity contribution is 5.99. The lowest BCUT2D eigenvalue weighted by molar-refractivity contribution is 0.0935. The zero-order valence-corrected chi connectivity index (χ0v) is 11.6. The molecule has 0 radical (unpaired) electrons. The summed E-state index contributed by atoms with van der Waals surface area (Å²) in [6.07, 6.45) is 7.65. The maximum Gasteiger partial charge on any atom is 0.164 e. The Bertz CT molecular complexity index is 630. The summed E-state index contributed by atoms with van der Waals surface area (Å²) in [6.45, 7) is 0. The van der Waals surface area contributed by atoms with E-state index in [-0.39, 0.29) is 11.3 Å². The lowest BCUT2D eigenvalue weighted by Gasteiger charge is -2.32. The molecule has 0 aliphatic heterocycles. The Morgan fingerprint density at radius 2 is 2.00 bits per heavy atom. The predicted molar refractivity (Wildman–Crippen MR) is 80.7 cm³/mol. The molecular formula is C17H20N2O. The van der Waals surface area contributed by atoms with Gasteiger partial charge in [-0.05, 0) is 25.0 Å². The Hall–Kier alpha value is -1.74. The zero-order valence-electron chi connectivity index (χ0n) is 11.6. The van der Waals surface area contributed by atoms with Gasteiger partial charge in [0.25, 0.3) is 0 Å². The molecule has 3 heteroatoms. The molecule has 1 saturated carbocycles. The Morgan fingerprint density at radius 1 is 1.20 bits per heavy atom. The van der Waals surface area contributed by atoms with Crippen LogP contribution in [0.2, 0.25) is 0 Å². The molecular weight excluding hydrogens is 248 g/mol. The van der Waals surface area contributed by atoms with Gasteiger partial charge < -0.3 is 5.73 Å². The van der Waals surface area contributed by atoms with Crippen LogP contribution >= 0.6 is 0 Å². The Balaban J connectivity index is 1.81. The second-order valence-corrected chi connectivity index (χ2v) is 5.93. The van der Waals surface area contributed by atoms with Crippen LogP contribution in [0, 0.1) is 0 Å². The van der Waals surface area contributed by atoms with Crippen molar-refractivity contribution in [2.75, 3.05) is 0 Å². The minimum atomic E-state index is -0.297. The highest BCUT2D eigenvalue weighted by atomic mass is 16.1. The van der Waals surface area contributed by atoms with Gasteiger partial charge in [0.2, 0.25) is 0 Å². The van der Waals surface area contributed by atoms with Gasteiger partial charge in [-0.1, -0.05) is 37.5 Å². The summed E-state index contributed by atoms with van der Waals surface area (Å²) in [5.74, 6) is 0.141. The third-order valence-corrected chi connectivity index (χ3v) is 4.29. The molecule has 1 aliphatic rings. The number of hydrogen-bond acceptors (Lipinski definition) is 3. The summed E-state index contributed by atoms with van der Waals surface area (Å²) in [5, 5.41) is 1.06. The van der Waals surface area contributed by atoms with E-state index in [0.717, 1.165) is 42.1 Å². The highest BCUT2D eigenvalue weighted by Gasteiger charge is 2.30. The highest BCUT2D eigenvalue weighted by Crippen LogP contribution is 2.30. The number of Topliss-reactive ketones (excluding diaryl/α,β-unsaturated/α-hetero) is 1. The topological polar surface area (TPSA) is 56.0 Å². The number of pyridine rings is 1. The SMILES string of the molecule is NC1(CC(=O)c2ccc3cccnc3c2)CCCCC1. The van der Waals surface area contributed by atoms with E-state index in [2.05, 4.69) is 4.98 Å². The summed E-state index contributed by atoms with van der Waals surface area (Å²) in [6, 6.07) is 9.63. The largest absolute Gasteiger partial charge is 0.325 e. The van der Waals surface area contributed by atoms with Crippen LogP contribution in [0.1, 0.15) is 48.9 Å². The average Bonchev–Trinajstić information content (AvgIpc) is 2.47. The van der Waals surface area contributed by atoms with E-state index in [0.29, 0.717) is 6.42 Å². The maximum absolute atomic E-state index is 12.5.